The van der Waals surface area contributed by atoms with E-state index in [2.05, 4.69) is 20.5 Å². The zero-order valence-electron chi connectivity index (χ0n) is 13.4. The van der Waals surface area contributed by atoms with Crippen LogP contribution in [0.2, 0.25) is 0 Å². The Morgan fingerprint density at radius 2 is 1.81 bits per heavy atom. The summed E-state index contributed by atoms with van der Waals surface area (Å²) in [6.07, 6.45) is 5.45. The minimum atomic E-state index is 0. The standard InChI is InChI=1S/C15H28N4O.HI/c1-11(2)18-14(20)8-17-15(16-3)19-9-12-6-4-5-7-13(12)10-19;/h11-13H,4-10H2,1-3H3,(H,16,17)(H,18,20);1H. The molecule has 1 aliphatic carbocycles. The number of halogens is 1. The summed E-state index contributed by atoms with van der Waals surface area (Å²) in [6, 6.07) is 0.181. The van der Waals surface area contributed by atoms with Crippen molar-refractivity contribution in [1.29, 1.82) is 0 Å². The molecule has 1 saturated carbocycles. The van der Waals surface area contributed by atoms with Crippen molar-refractivity contribution in [3.63, 3.8) is 0 Å². The largest absolute Gasteiger partial charge is 0.352 e. The van der Waals surface area contributed by atoms with Crippen molar-refractivity contribution in [2.24, 2.45) is 16.8 Å². The van der Waals surface area contributed by atoms with Gasteiger partial charge in [-0.25, -0.2) is 0 Å². The van der Waals surface area contributed by atoms with Crippen LogP contribution in [0.25, 0.3) is 0 Å². The van der Waals surface area contributed by atoms with Crippen molar-refractivity contribution < 1.29 is 4.79 Å². The Hall–Kier alpha value is -0.530. The second-order valence-electron chi connectivity index (χ2n) is 6.33. The number of carbonyl (C=O) groups is 1. The molecule has 0 spiro atoms. The molecule has 1 amide bonds. The molecule has 2 aliphatic rings. The lowest BCUT2D eigenvalue weighted by atomic mass is 9.82. The number of likely N-dealkylation sites (tertiary alicyclic amines) is 1. The molecule has 0 aromatic rings. The fraction of sp³-hybridized carbons (Fsp3) is 0.867. The van der Waals surface area contributed by atoms with Crippen molar-refractivity contribution in [2.45, 2.75) is 45.6 Å². The number of aliphatic imine (C=N–C) groups is 1. The topological polar surface area (TPSA) is 56.7 Å². The monoisotopic (exact) mass is 408 g/mol. The van der Waals surface area contributed by atoms with Gasteiger partial charge in [0.25, 0.3) is 0 Å². The summed E-state index contributed by atoms with van der Waals surface area (Å²) in [5.41, 5.74) is 0. The first-order chi connectivity index (χ1) is 9.60. The molecule has 0 bridgehead atoms. The van der Waals surface area contributed by atoms with Gasteiger partial charge in [0.15, 0.2) is 5.96 Å². The lowest BCUT2D eigenvalue weighted by Crippen LogP contribution is -2.45. The highest BCUT2D eigenvalue weighted by Crippen LogP contribution is 2.35. The van der Waals surface area contributed by atoms with Gasteiger partial charge in [-0.2, -0.15) is 0 Å². The van der Waals surface area contributed by atoms with Gasteiger partial charge in [0.2, 0.25) is 5.91 Å². The number of nitrogens with one attached hydrogen (secondary N) is 2. The highest BCUT2D eigenvalue weighted by atomic mass is 127. The summed E-state index contributed by atoms with van der Waals surface area (Å²) in [6.45, 7) is 6.43. The van der Waals surface area contributed by atoms with Crippen LogP contribution in [-0.2, 0) is 4.79 Å². The van der Waals surface area contributed by atoms with Crippen LogP contribution in [0.4, 0.5) is 0 Å². The predicted octanol–water partition coefficient (Wildman–Crippen LogP) is 1.83. The van der Waals surface area contributed by atoms with Crippen molar-refractivity contribution in [3.05, 3.63) is 0 Å². The molecule has 0 aromatic heterocycles. The minimum absolute atomic E-state index is 0. The predicted molar refractivity (Wildman–Crippen MR) is 97.1 cm³/mol. The average Bonchev–Trinajstić information content (AvgIpc) is 2.82. The summed E-state index contributed by atoms with van der Waals surface area (Å²) in [5.74, 6) is 2.55. The molecule has 6 heteroatoms. The first-order valence-corrected chi connectivity index (χ1v) is 7.85. The molecule has 122 valence electrons. The van der Waals surface area contributed by atoms with E-state index in [4.69, 9.17) is 0 Å². The van der Waals surface area contributed by atoms with Gasteiger partial charge in [-0.15, -0.1) is 24.0 Å². The molecular formula is C15H29IN4O. The van der Waals surface area contributed by atoms with Crippen LogP contribution in [-0.4, -0.2) is 49.5 Å². The number of nitrogens with zero attached hydrogens (tertiary/aromatic N) is 2. The molecule has 2 fully saturated rings. The number of hydrogen-bond donors (Lipinski definition) is 2. The highest BCUT2D eigenvalue weighted by Gasteiger charge is 2.35. The summed E-state index contributed by atoms with van der Waals surface area (Å²) >= 11 is 0. The quantitative estimate of drug-likeness (QED) is 0.426. The van der Waals surface area contributed by atoms with Crippen molar-refractivity contribution in [1.82, 2.24) is 15.5 Å². The SMILES string of the molecule is CN=C(NCC(=O)NC(C)C)N1CC2CCCCC2C1.I. The Labute approximate surface area is 145 Å². The fourth-order valence-electron chi connectivity index (χ4n) is 3.44. The van der Waals surface area contributed by atoms with Gasteiger partial charge in [0, 0.05) is 26.2 Å². The van der Waals surface area contributed by atoms with Crippen LogP contribution in [0.1, 0.15) is 39.5 Å². The Bertz CT molecular complexity index is 359. The van der Waals surface area contributed by atoms with Gasteiger partial charge in [0.1, 0.15) is 0 Å². The first kappa shape index (κ1) is 18.5. The molecule has 2 rings (SSSR count). The normalized spacial score (nSPS) is 25.3. The number of amides is 1. The summed E-state index contributed by atoms with van der Waals surface area (Å²) < 4.78 is 0. The number of carbonyl (C=O) groups excluding carboxylic acids is 1. The lowest BCUT2D eigenvalue weighted by Gasteiger charge is -2.22. The zero-order valence-corrected chi connectivity index (χ0v) is 15.7. The van der Waals surface area contributed by atoms with Gasteiger partial charge < -0.3 is 15.5 Å². The Morgan fingerprint density at radius 3 is 2.29 bits per heavy atom. The van der Waals surface area contributed by atoms with Gasteiger partial charge in [-0.1, -0.05) is 12.8 Å². The van der Waals surface area contributed by atoms with E-state index < -0.39 is 0 Å². The van der Waals surface area contributed by atoms with Crippen LogP contribution < -0.4 is 10.6 Å². The number of rotatable bonds is 3. The minimum Gasteiger partial charge on any atom is -0.352 e. The Balaban J connectivity index is 0.00000220. The molecule has 0 aromatic carbocycles. The molecule has 2 atom stereocenters. The maximum Gasteiger partial charge on any atom is 0.239 e. The first-order valence-electron chi connectivity index (χ1n) is 7.85. The maximum absolute atomic E-state index is 11.7. The molecule has 0 radical (unpaired) electrons. The third-order valence-corrected chi connectivity index (χ3v) is 4.34. The second kappa shape index (κ2) is 8.80. The molecule has 2 N–H and O–H groups in total. The lowest BCUT2D eigenvalue weighted by molar-refractivity contribution is -0.120. The van der Waals surface area contributed by atoms with Crippen LogP contribution in [0.5, 0.6) is 0 Å². The van der Waals surface area contributed by atoms with E-state index in [-0.39, 0.29) is 35.9 Å². The number of guanidine groups is 1. The Morgan fingerprint density at radius 1 is 1.24 bits per heavy atom. The van der Waals surface area contributed by atoms with Crippen LogP contribution >= 0.6 is 24.0 Å². The van der Waals surface area contributed by atoms with Gasteiger partial charge in [-0.05, 0) is 38.5 Å². The highest BCUT2D eigenvalue weighted by molar-refractivity contribution is 14.0. The van der Waals surface area contributed by atoms with E-state index in [1.807, 2.05) is 13.8 Å². The molecule has 1 aliphatic heterocycles. The van der Waals surface area contributed by atoms with E-state index in [1.165, 1.54) is 25.7 Å². The van der Waals surface area contributed by atoms with Crippen molar-refractivity contribution >= 4 is 35.8 Å². The number of fused-ring (bicyclic) bond motifs is 1. The maximum atomic E-state index is 11.7. The smallest absolute Gasteiger partial charge is 0.239 e. The van der Waals surface area contributed by atoms with E-state index in [9.17, 15) is 4.79 Å². The van der Waals surface area contributed by atoms with E-state index in [0.29, 0.717) is 6.54 Å². The number of hydrogen-bond acceptors (Lipinski definition) is 2. The summed E-state index contributed by atoms with van der Waals surface area (Å²) in [7, 11) is 1.80. The average molecular weight is 408 g/mol. The molecule has 1 saturated heterocycles. The van der Waals surface area contributed by atoms with Gasteiger partial charge >= 0.3 is 0 Å². The second-order valence-corrected chi connectivity index (χ2v) is 6.33. The zero-order chi connectivity index (χ0) is 14.5. The van der Waals surface area contributed by atoms with E-state index >= 15 is 0 Å². The summed E-state index contributed by atoms with van der Waals surface area (Å²) in [5, 5.41) is 6.08. The summed E-state index contributed by atoms with van der Waals surface area (Å²) in [4.78, 5) is 18.3. The molecule has 21 heavy (non-hydrogen) atoms. The van der Waals surface area contributed by atoms with E-state index in [1.54, 1.807) is 7.05 Å². The molecule has 2 unspecified atom stereocenters. The van der Waals surface area contributed by atoms with E-state index in [0.717, 1.165) is 30.9 Å². The Kier molecular flexibility index (Phi) is 7.76. The van der Waals surface area contributed by atoms with Gasteiger partial charge in [0.05, 0.1) is 6.54 Å². The molecule has 1 heterocycles. The fourth-order valence-corrected chi connectivity index (χ4v) is 3.44. The molecule has 5 nitrogen and oxygen atoms in total. The molecular weight excluding hydrogens is 379 g/mol. The third-order valence-electron chi connectivity index (χ3n) is 4.34. The van der Waals surface area contributed by atoms with Crippen LogP contribution in [0.3, 0.4) is 0 Å². The van der Waals surface area contributed by atoms with Crippen molar-refractivity contribution in [2.75, 3.05) is 26.7 Å². The van der Waals surface area contributed by atoms with Gasteiger partial charge in [-0.3, -0.25) is 9.79 Å². The van der Waals surface area contributed by atoms with Crippen LogP contribution in [0, 0.1) is 11.8 Å². The third kappa shape index (κ3) is 5.30. The van der Waals surface area contributed by atoms with Crippen LogP contribution in [0.15, 0.2) is 4.99 Å². The van der Waals surface area contributed by atoms with Crippen molar-refractivity contribution in [3.8, 4) is 0 Å².